The highest BCUT2D eigenvalue weighted by molar-refractivity contribution is 7.19. The van der Waals surface area contributed by atoms with Crippen LogP contribution in [0.1, 0.15) is 18.9 Å². The Kier molecular flexibility index (Phi) is 3.43. The molecule has 2 N–H and O–H groups in total. The number of benzene rings is 1. The van der Waals surface area contributed by atoms with Gasteiger partial charge in [-0.05, 0) is 18.2 Å². The molecule has 0 aliphatic carbocycles. The summed E-state index contributed by atoms with van der Waals surface area (Å²) in [6.45, 7) is 4.00. The van der Waals surface area contributed by atoms with Gasteiger partial charge >= 0.3 is 0 Å². The molecule has 2 aromatic rings. The van der Waals surface area contributed by atoms with Crippen LogP contribution in [0.4, 0.5) is 5.69 Å². The summed E-state index contributed by atoms with van der Waals surface area (Å²) in [6.07, 6.45) is 0. The molecule has 1 aromatic carbocycles. The molecule has 1 heterocycles. The highest BCUT2D eigenvalue weighted by Crippen LogP contribution is 2.22. The smallest absolute Gasteiger partial charge is 0.195 e. The van der Waals surface area contributed by atoms with E-state index in [-0.39, 0.29) is 0 Å². The summed E-state index contributed by atoms with van der Waals surface area (Å²) in [7, 11) is 0. The number of nitriles is 1. The average Bonchev–Trinajstić information content (AvgIpc) is 2.62. The maximum absolute atomic E-state index is 8.57. The molecule has 0 aliphatic heterocycles. The average molecular weight is 205 g/mol. The number of hydrogen-bond donors (Lipinski definition) is 1. The molecule has 0 unspecified atom stereocenters. The van der Waals surface area contributed by atoms with Crippen molar-refractivity contribution in [2.45, 2.75) is 13.8 Å². The number of anilines is 1. The van der Waals surface area contributed by atoms with Crippen molar-refractivity contribution in [2.24, 2.45) is 0 Å². The number of nitrogens with zero attached hydrogens (tertiary/aromatic N) is 2. The van der Waals surface area contributed by atoms with Crippen LogP contribution in [-0.2, 0) is 0 Å². The fraction of sp³-hybridized carbons (Fsp3) is 0.200. The molecular formula is C10H11N3S. The first-order valence-electron chi connectivity index (χ1n) is 4.36. The molecule has 0 radical (unpaired) electrons. The summed E-state index contributed by atoms with van der Waals surface area (Å²) < 4.78 is 1.00. The SMILES string of the molecule is CC.N#Cc1nc2cc(N)ccc2s1. The number of rotatable bonds is 0. The van der Waals surface area contributed by atoms with Gasteiger partial charge in [-0.1, -0.05) is 13.8 Å². The lowest BCUT2D eigenvalue weighted by Gasteiger charge is -1.88. The highest BCUT2D eigenvalue weighted by atomic mass is 32.1. The van der Waals surface area contributed by atoms with Gasteiger partial charge in [0.1, 0.15) is 6.07 Å². The Labute approximate surface area is 86.8 Å². The lowest BCUT2D eigenvalue weighted by molar-refractivity contribution is 1.40. The van der Waals surface area contributed by atoms with E-state index in [1.165, 1.54) is 11.3 Å². The van der Waals surface area contributed by atoms with Crippen LogP contribution in [0.25, 0.3) is 10.2 Å². The minimum Gasteiger partial charge on any atom is -0.399 e. The number of hydrogen-bond acceptors (Lipinski definition) is 4. The van der Waals surface area contributed by atoms with Crippen molar-refractivity contribution < 1.29 is 0 Å². The number of thiazole rings is 1. The molecule has 0 aliphatic rings. The highest BCUT2D eigenvalue weighted by Gasteiger charge is 2.01. The molecule has 0 fully saturated rings. The minimum atomic E-state index is 0.482. The third kappa shape index (κ3) is 2.01. The Morgan fingerprint density at radius 1 is 1.43 bits per heavy atom. The molecular weight excluding hydrogens is 194 g/mol. The summed E-state index contributed by atoms with van der Waals surface area (Å²) in [5.41, 5.74) is 7.04. The zero-order valence-corrected chi connectivity index (χ0v) is 8.93. The van der Waals surface area contributed by atoms with Crippen LogP contribution in [-0.4, -0.2) is 4.98 Å². The van der Waals surface area contributed by atoms with E-state index in [0.29, 0.717) is 10.7 Å². The normalized spacial score (nSPS) is 8.93. The number of fused-ring (bicyclic) bond motifs is 1. The van der Waals surface area contributed by atoms with Crippen LogP contribution in [0.2, 0.25) is 0 Å². The van der Waals surface area contributed by atoms with Gasteiger partial charge in [0.2, 0.25) is 0 Å². The van der Waals surface area contributed by atoms with Gasteiger partial charge in [0, 0.05) is 5.69 Å². The van der Waals surface area contributed by atoms with E-state index in [1.807, 2.05) is 32.0 Å². The van der Waals surface area contributed by atoms with Gasteiger partial charge in [-0.15, -0.1) is 11.3 Å². The van der Waals surface area contributed by atoms with Crippen LogP contribution in [0, 0.1) is 11.3 Å². The minimum absolute atomic E-state index is 0.482. The molecule has 3 nitrogen and oxygen atoms in total. The molecule has 0 saturated carbocycles. The first kappa shape index (κ1) is 10.5. The summed E-state index contributed by atoms with van der Waals surface area (Å²) >= 11 is 1.38. The Balaban J connectivity index is 0.000000461. The van der Waals surface area contributed by atoms with Crippen LogP contribution < -0.4 is 5.73 Å². The van der Waals surface area contributed by atoms with Gasteiger partial charge in [-0.25, -0.2) is 4.98 Å². The van der Waals surface area contributed by atoms with Crippen LogP contribution in [0.3, 0.4) is 0 Å². The maximum Gasteiger partial charge on any atom is 0.195 e. The molecule has 0 bridgehead atoms. The molecule has 0 saturated heterocycles. The monoisotopic (exact) mass is 205 g/mol. The van der Waals surface area contributed by atoms with Crippen molar-refractivity contribution in [3.63, 3.8) is 0 Å². The first-order valence-corrected chi connectivity index (χ1v) is 5.17. The van der Waals surface area contributed by atoms with Crippen molar-refractivity contribution in [3.05, 3.63) is 23.2 Å². The van der Waals surface area contributed by atoms with E-state index >= 15 is 0 Å². The second-order valence-electron chi connectivity index (χ2n) is 2.36. The Hall–Kier alpha value is -1.60. The van der Waals surface area contributed by atoms with Crippen molar-refractivity contribution in [1.82, 2.24) is 4.98 Å². The number of aromatic nitrogens is 1. The molecule has 4 heteroatoms. The van der Waals surface area contributed by atoms with Crippen LogP contribution in [0.5, 0.6) is 0 Å². The summed E-state index contributed by atoms with van der Waals surface area (Å²) in [6, 6.07) is 7.46. The van der Waals surface area contributed by atoms with E-state index in [2.05, 4.69) is 4.98 Å². The van der Waals surface area contributed by atoms with E-state index < -0.39 is 0 Å². The van der Waals surface area contributed by atoms with Crippen molar-refractivity contribution in [3.8, 4) is 6.07 Å². The topological polar surface area (TPSA) is 62.7 Å². The first-order chi connectivity index (χ1) is 6.79. The third-order valence-electron chi connectivity index (χ3n) is 1.51. The predicted octanol–water partition coefficient (Wildman–Crippen LogP) is 2.78. The van der Waals surface area contributed by atoms with E-state index in [4.69, 9.17) is 11.0 Å². The fourth-order valence-electron chi connectivity index (χ4n) is 0.992. The summed E-state index contributed by atoms with van der Waals surface area (Å²) in [4.78, 5) is 4.07. The van der Waals surface area contributed by atoms with Gasteiger partial charge in [-0.3, -0.25) is 0 Å². The molecule has 0 spiro atoms. The summed E-state index contributed by atoms with van der Waals surface area (Å²) in [5, 5.41) is 9.06. The second-order valence-corrected chi connectivity index (χ2v) is 3.39. The molecule has 0 amide bonds. The van der Waals surface area contributed by atoms with E-state index in [1.54, 1.807) is 6.07 Å². The number of nitrogen functional groups attached to an aromatic ring is 1. The predicted molar refractivity (Wildman–Crippen MR) is 60.1 cm³/mol. The lowest BCUT2D eigenvalue weighted by atomic mass is 10.3. The Bertz CT molecular complexity index is 468. The van der Waals surface area contributed by atoms with Gasteiger partial charge in [0.25, 0.3) is 0 Å². The lowest BCUT2D eigenvalue weighted by Crippen LogP contribution is -1.82. The quantitative estimate of drug-likeness (QED) is 0.672. The van der Waals surface area contributed by atoms with Crippen molar-refractivity contribution >= 4 is 27.2 Å². The van der Waals surface area contributed by atoms with E-state index in [9.17, 15) is 0 Å². The molecule has 0 atom stereocenters. The molecule has 2 rings (SSSR count). The zero-order valence-electron chi connectivity index (χ0n) is 8.11. The second kappa shape index (κ2) is 4.58. The zero-order chi connectivity index (χ0) is 10.6. The van der Waals surface area contributed by atoms with Gasteiger partial charge in [0.05, 0.1) is 10.2 Å². The van der Waals surface area contributed by atoms with Gasteiger partial charge in [-0.2, -0.15) is 5.26 Å². The van der Waals surface area contributed by atoms with Crippen molar-refractivity contribution in [1.29, 1.82) is 5.26 Å². The molecule has 72 valence electrons. The Morgan fingerprint density at radius 3 is 2.79 bits per heavy atom. The van der Waals surface area contributed by atoms with Crippen LogP contribution in [0.15, 0.2) is 18.2 Å². The van der Waals surface area contributed by atoms with Crippen molar-refractivity contribution in [2.75, 3.05) is 5.73 Å². The van der Waals surface area contributed by atoms with Gasteiger partial charge in [0.15, 0.2) is 5.01 Å². The standard InChI is InChI=1S/C8H5N3S.C2H6/c9-4-8-11-6-3-5(10)1-2-7(6)12-8;1-2/h1-3H,10H2;1-2H3. The van der Waals surface area contributed by atoms with E-state index in [0.717, 1.165) is 10.2 Å². The van der Waals surface area contributed by atoms with Crippen LogP contribution >= 0.6 is 11.3 Å². The maximum atomic E-state index is 8.57. The third-order valence-corrected chi connectivity index (χ3v) is 2.45. The molecule has 14 heavy (non-hydrogen) atoms. The fourth-order valence-corrected chi connectivity index (χ4v) is 1.74. The largest absolute Gasteiger partial charge is 0.399 e. The van der Waals surface area contributed by atoms with Gasteiger partial charge < -0.3 is 5.73 Å². The summed E-state index contributed by atoms with van der Waals surface area (Å²) in [5.74, 6) is 0. The molecule has 1 aromatic heterocycles. The number of nitrogens with two attached hydrogens (primary N) is 1. The Morgan fingerprint density at radius 2 is 2.14 bits per heavy atom.